The standard InChI is InChI=1S/C13H14FNO4/c1-19-13(18)9-2-3-11(10(14)5-9)15-6-8(7-16)4-12(15)17/h2-3,5,8,16H,4,6-7H2,1H3. The number of anilines is 1. The summed E-state index contributed by atoms with van der Waals surface area (Å²) < 4.78 is 18.4. The van der Waals surface area contributed by atoms with Crippen LogP contribution in [0.25, 0.3) is 0 Å². The van der Waals surface area contributed by atoms with Crippen LogP contribution in [0.15, 0.2) is 18.2 Å². The van der Waals surface area contributed by atoms with Crippen LogP contribution in [0.2, 0.25) is 0 Å². The van der Waals surface area contributed by atoms with E-state index in [9.17, 15) is 14.0 Å². The Morgan fingerprint density at radius 2 is 2.32 bits per heavy atom. The Morgan fingerprint density at radius 3 is 2.84 bits per heavy atom. The number of ether oxygens (including phenoxy) is 1. The third-order valence-corrected chi connectivity index (χ3v) is 3.12. The Bertz CT molecular complexity index is 517. The summed E-state index contributed by atoms with van der Waals surface area (Å²) in [6, 6.07) is 3.82. The van der Waals surface area contributed by atoms with Crippen molar-refractivity contribution in [2.45, 2.75) is 6.42 Å². The molecule has 1 saturated heterocycles. The highest BCUT2D eigenvalue weighted by molar-refractivity contribution is 5.96. The highest BCUT2D eigenvalue weighted by Crippen LogP contribution is 2.27. The summed E-state index contributed by atoms with van der Waals surface area (Å²) in [7, 11) is 1.21. The number of esters is 1. The minimum absolute atomic E-state index is 0.0918. The predicted octanol–water partition coefficient (Wildman–Crippen LogP) is 0.958. The summed E-state index contributed by atoms with van der Waals surface area (Å²) in [4.78, 5) is 24.3. The zero-order valence-corrected chi connectivity index (χ0v) is 10.4. The average molecular weight is 267 g/mol. The molecule has 0 saturated carbocycles. The number of methoxy groups -OCH3 is 1. The number of aliphatic hydroxyl groups is 1. The Kier molecular flexibility index (Phi) is 3.80. The summed E-state index contributed by atoms with van der Waals surface area (Å²) in [5, 5.41) is 9.03. The second kappa shape index (κ2) is 5.36. The normalized spacial score (nSPS) is 18.8. The van der Waals surface area contributed by atoms with Crippen LogP contribution in [0.5, 0.6) is 0 Å². The number of hydrogen-bond acceptors (Lipinski definition) is 4. The molecule has 1 aliphatic heterocycles. The molecule has 5 nitrogen and oxygen atoms in total. The van der Waals surface area contributed by atoms with Gasteiger partial charge >= 0.3 is 5.97 Å². The van der Waals surface area contributed by atoms with Gasteiger partial charge in [-0.2, -0.15) is 0 Å². The van der Waals surface area contributed by atoms with E-state index in [0.717, 1.165) is 6.07 Å². The maximum atomic E-state index is 13.9. The summed E-state index contributed by atoms with van der Waals surface area (Å²) in [5.74, 6) is -1.70. The maximum absolute atomic E-state index is 13.9. The van der Waals surface area contributed by atoms with Crippen LogP contribution in [0.3, 0.4) is 0 Å². The molecule has 0 spiro atoms. The van der Waals surface area contributed by atoms with Crippen LogP contribution in [-0.4, -0.2) is 37.2 Å². The van der Waals surface area contributed by atoms with E-state index < -0.39 is 11.8 Å². The van der Waals surface area contributed by atoms with Crippen molar-refractivity contribution in [3.05, 3.63) is 29.6 Å². The van der Waals surface area contributed by atoms with Gasteiger partial charge in [0.15, 0.2) is 0 Å². The van der Waals surface area contributed by atoms with Crippen LogP contribution in [0.1, 0.15) is 16.8 Å². The second-order valence-electron chi connectivity index (χ2n) is 4.41. The average Bonchev–Trinajstić information content (AvgIpc) is 2.79. The van der Waals surface area contributed by atoms with Gasteiger partial charge < -0.3 is 14.7 Å². The Morgan fingerprint density at radius 1 is 1.58 bits per heavy atom. The van der Waals surface area contributed by atoms with Crippen LogP contribution in [0.4, 0.5) is 10.1 Å². The molecule has 0 aliphatic carbocycles. The van der Waals surface area contributed by atoms with E-state index in [-0.39, 0.29) is 42.6 Å². The lowest BCUT2D eigenvalue weighted by atomic mass is 10.1. The first kappa shape index (κ1) is 13.5. The molecule has 0 aromatic heterocycles. The number of carbonyl (C=O) groups excluding carboxylic acids is 2. The van der Waals surface area contributed by atoms with Gasteiger partial charge in [-0.05, 0) is 18.2 Å². The molecule has 1 atom stereocenters. The van der Waals surface area contributed by atoms with Gasteiger partial charge in [0.25, 0.3) is 0 Å². The fourth-order valence-electron chi connectivity index (χ4n) is 2.11. The Labute approximate surface area is 109 Å². The number of hydrogen-bond donors (Lipinski definition) is 1. The molecule has 1 heterocycles. The molecule has 1 aliphatic rings. The van der Waals surface area contributed by atoms with Crippen molar-refractivity contribution in [1.82, 2.24) is 0 Å². The third-order valence-electron chi connectivity index (χ3n) is 3.12. The molecule has 2 rings (SSSR count). The lowest BCUT2D eigenvalue weighted by molar-refractivity contribution is -0.117. The minimum atomic E-state index is -0.658. The van der Waals surface area contributed by atoms with Crippen molar-refractivity contribution in [2.75, 3.05) is 25.2 Å². The monoisotopic (exact) mass is 267 g/mol. The molecule has 0 bridgehead atoms. The molecule has 1 N–H and O–H groups in total. The summed E-state index contributed by atoms with van der Waals surface area (Å²) in [6.07, 6.45) is 0.203. The molecule has 1 amide bonds. The smallest absolute Gasteiger partial charge is 0.337 e. The molecule has 0 radical (unpaired) electrons. The van der Waals surface area contributed by atoms with E-state index in [1.807, 2.05) is 0 Å². The molecule has 1 aromatic carbocycles. The lowest BCUT2D eigenvalue weighted by Crippen LogP contribution is -2.26. The lowest BCUT2D eigenvalue weighted by Gasteiger charge is -2.17. The van der Waals surface area contributed by atoms with Crippen molar-refractivity contribution in [2.24, 2.45) is 5.92 Å². The van der Waals surface area contributed by atoms with Gasteiger partial charge in [0.2, 0.25) is 5.91 Å². The highest BCUT2D eigenvalue weighted by Gasteiger charge is 2.31. The van der Waals surface area contributed by atoms with E-state index in [4.69, 9.17) is 5.11 Å². The van der Waals surface area contributed by atoms with Gasteiger partial charge in [0.05, 0.1) is 18.4 Å². The number of rotatable bonds is 3. The van der Waals surface area contributed by atoms with Crippen LogP contribution < -0.4 is 4.90 Å². The van der Waals surface area contributed by atoms with E-state index in [1.54, 1.807) is 0 Å². The largest absolute Gasteiger partial charge is 0.465 e. The number of nitrogens with zero attached hydrogens (tertiary/aromatic N) is 1. The molecule has 6 heteroatoms. The first-order chi connectivity index (χ1) is 9.06. The molecule has 1 aromatic rings. The summed E-state index contributed by atoms with van der Waals surface area (Å²) in [5.41, 5.74) is 0.211. The van der Waals surface area contributed by atoms with Gasteiger partial charge in [-0.25, -0.2) is 9.18 Å². The Balaban J connectivity index is 2.27. The molecular formula is C13H14FNO4. The molecule has 19 heavy (non-hydrogen) atoms. The number of amides is 1. The molecule has 102 valence electrons. The minimum Gasteiger partial charge on any atom is -0.465 e. The van der Waals surface area contributed by atoms with Crippen LogP contribution in [-0.2, 0) is 9.53 Å². The van der Waals surface area contributed by atoms with Crippen molar-refractivity contribution in [3.8, 4) is 0 Å². The first-order valence-electron chi connectivity index (χ1n) is 5.86. The Hall–Kier alpha value is -1.95. The zero-order chi connectivity index (χ0) is 14.0. The quantitative estimate of drug-likeness (QED) is 0.828. The number of benzene rings is 1. The zero-order valence-electron chi connectivity index (χ0n) is 10.4. The van der Waals surface area contributed by atoms with Crippen LogP contribution >= 0.6 is 0 Å². The molecule has 1 fully saturated rings. The van der Waals surface area contributed by atoms with E-state index >= 15 is 0 Å². The summed E-state index contributed by atoms with van der Waals surface area (Å²) >= 11 is 0. The van der Waals surface area contributed by atoms with Gasteiger partial charge in [0, 0.05) is 25.5 Å². The van der Waals surface area contributed by atoms with Crippen molar-refractivity contribution in [1.29, 1.82) is 0 Å². The SMILES string of the molecule is COC(=O)c1ccc(N2CC(CO)CC2=O)c(F)c1. The van der Waals surface area contributed by atoms with E-state index in [0.29, 0.717) is 0 Å². The van der Waals surface area contributed by atoms with Crippen molar-refractivity contribution in [3.63, 3.8) is 0 Å². The van der Waals surface area contributed by atoms with Crippen molar-refractivity contribution < 1.29 is 23.8 Å². The number of halogens is 1. The van der Waals surface area contributed by atoms with Gasteiger partial charge in [-0.15, -0.1) is 0 Å². The fraction of sp³-hybridized carbons (Fsp3) is 0.385. The van der Waals surface area contributed by atoms with Crippen molar-refractivity contribution >= 4 is 17.6 Å². The van der Waals surface area contributed by atoms with Crippen LogP contribution in [0, 0.1) is 11.7 Å². The van der Waals surface area contributed by atoms with Gasteiger partial charge in [-0.3, -0.25) is 4.79 Å². The van der Waals surface area contributed by atoms with Gasteiger partial charge in [-0.1, -0.05) is 0 Å². The highest BCUT2D eigenvalue weighted by atomic mass is 19.1. The predicted molar refractivity (Wildman–Crippen MR) is 65.3 cm³/mol. The third kappa shape index (κ3) is 2.58. The fourth-order valence-corrected chi connectivity index (χ4v) is 2.11. The number of aliphatic hydroxyl groups excluding tert-OH is 1. The topological polar surface area (TPSA) is 66.8 Å². The van der Waals surface area contributed by atoms with E-state index in [2.05, 4.69) is 4.74 Å². The first-order valence-corrected chi connectivity index (χ1v) is 5.86. The van der Waals surface area contributed by atoms with E-state index in [1.165, 1.54) is 24.1 Å². The summed E-state index contributed by atoms with van der Waals surface area (Å²) in [6.45, 7) is 0.175. The number of carbonyl (C=O) groups is 2. The maximum Gasteiger partial charge on any atom is 0.337 e. The molecule has 1 unspecified atom stereocenters. The molecular weight excluding hydrogens is 253 g/mol. The van der Waals surface area contributed by atoms with Gasteiger partial charge in [0.1, 0.15) is 5.82 Å². The second-order valence-corrected chi connectivity index (χ2v) is 4.41.